The van der Waals surface area contributed by atoms with E-state index in [9.17, 15) is 0 Å². The predicted octanol–water partition coefficient (Wildman–Crippen LogP) is 2.76. The summed E-state index contributed by atoms with van der Waals surface area (Å²) in [5, 5.41) is 12.2. The fraction of sp³-hybridized carbons (Fsp3) is 0.143. The molecule has 0 saturated heterocycles. The van der Waals surface area contributed by atoms with Gasteiger partial charge in [-0.05, 0) is 30.3 Å². The van der Waals surface area contributed by atoms with Gasteiger partial charge in [-0.1, -0.05) is 6.07 Å². The van der Waals surface area contributed by atoms with Crippen LogP contribution in [0.1, 0.15) is 5.56 Å². The Morgan fingerprint density at radius 2 is 2.06 bits per heavy atom. The zero-order valence-electron chi connectivity index (χ0n) is 10.4. The highest BCUT2D eigenvalue weighted by atomic mass is 15.1. The van der Waals surface area contributed by atoms with E-state index in [2.05, 4.69) is 16.4 Å². The standard InChI is InChI=1S/C14H14N4/c1-18(2)13-7-3-6-12(9-13)17-14-11(10-15)5-4-8-16-14/h3-9H,1-2H3,(H,16,17). The van der Waals surface area contributed by atoms with E-state index in [1.54, 1.807) is 18.3 Å². The van der Waals surface area contributed by atoms with Gasteiger partial charge in [-0.2, -0.15) is 5.26 Å². The van der Waals surface area contributed by atoms with Crippen molar-refractivity contribution >= 4 is 17.2 Å². The summed E-state index contributed by atoms with van der Waals surface area (Å²) in [6, 6.07) is 13.6. The maximum Gasteiger partial charge on any atom is 0.148 e. The van der Waals surface area contributed by atoms with Gasteiger partial charge >= 0.3 is 0 Å². The van der Waals surface area contributed by atoms with Crippen molar-refractivity contribution < 1.29 is 0 Å². The Morgan fingerprint density at radius 1 is 1.22 bits per heavy atom. The van der Waals surface area contributed by atoms with Crippen LogP contribution in [-0.2, 0) is 0 Å². The third-order valence-corrected chi connectivity index (χ3v) is 2.55. The van der Waals surface area contributed by atoms with Crippen LogP contribution >= 0.6 is 0 Å². The molecule has 2 aromatic rings. The maximum absolute atomic E-state index is 9.00. The topological polar surface area (TPSA) is 52.0 Å². The summed E-state index contributed by atoms with van der Waals surface area (Å²) in [6.45, 7) is 0. The van der Waals surface area contributed by atoms with Crippen LogP contribution in [0, 0.1) is 11.3 Å². The molecule has 4 nitrogen and oxygen atoms in total. The molecule has 4 heteroatoms. The van der Waals surface area contributed by atoms with Gasteiger partial charge in [0.05, 0.1) is 5.56 Å². The lowest BCUT2D eigenvalue weighted by Gasteiger charge is -2.14. The second-order valence-electron chi connectivity index (χ2n) is 4.08. The van der Waals surface area contributed by atoms with E-state index >= 15 is 0 Å². The van der Waals surface area contributed by atoms with Gasteiger partial charge in [0, 0.05) is 31.7 Å². The number of hydrogen-bond donors (Lipinski definition) is 1. The molecule has 18 heavy (non-hydrogen) atoms. The molecular formula is C14H14N4. The Labute approximate surface area is 107 Å². The first kappa shape index (κ1) is 11.9. The van der Waals surface area contributed by atoms with Crippen LogP contribution in [0.15, 0.2) is 42.6 Å². The highest BCUT2D eigenvalue weighted by Gasteiger charge is 2.03. The molecule has 0 unspecified atom stereocenters. The first-order chi connectivity index (χ1) is 8.70. The van der Waals surface area contributed by atoms with Crippen LogP contribution < -0.4 is 10.2 Å². The highest BCUT2D eigenvalue weighted by Crippen LogP contribution is 2.21. The third-order valence-electron chi connectivity index (χ3n) is 2.55. The monoisotopic (exact) mass is 238 g/mol. The summed E-state index contributed by atoms with van der Waals surface area (Å²) >= 11 is 0. The quantitative estimate of drug-likeness (QED) is 0.893. The van der Waals surface area contributed by atoms with Gasteiger partial charge < -0.3 is 10.2 Å². The van der Waals surface area contributed by atoms with E-state index in [-0.39, 0.29) is 0 Å². The molecule has 0 fully saturated rings. The molecule has 1 aromatic carbocycles. The summed E-state index contributed by atoms with van der Waals surface area (Å²) in [4.78, 5) is 6.19. The molecule has 0 aliphatic heterocycles. The summed E-state index contributed by atoms with van der Waals surface area (Å²) < 4.78 is 0. The Morgan fingerprint density at radius 3 is 2.78 bits per heavy atom. The fourth-order valence-corrected chi connectivity index (χ4v) is 1.59. The number of hydrogen-bond acceptors (Lipinski definition) is 4. The van der Waals surface area contributed by atoms with Crippen LogP contribution in [0.5, 0.6) is 0 Å². The van der Waals surface area contributed by atoms with Crippen LogP contribution in [0.3, 0.4) is 0 Å². The van der Waals surface area contributed by atoms with Crippen molar-refractivity contribution in [1.82, 2.24) is 4.98 Å². The molecule has 0 saturated carbocycles. The van der Waals surface area contributed by atoms with Crippen molar-refractivity contribution in [2.75, 3.05) is 24.3 Å². The molecular weight excluding hydrogens is 224 g/mol. The molecule has 1 heterocycles. The normalized spacial score (nSPS) is 9.61. The number of nitrogens with one attached hydrogen (secondary N) is 1. The molecule has 0 aliphatic rings. The smallest absolute Gasteiger partial charge is 0.148 e. The van der Waals surface area contributed by atoms with Crippen molar-refractivity contribution in [3.05, 3.63) is 48.2 Å². The van der Waals surface area contributed by atoms with Gasteiger partial charge in [0.15, 0.2) is 0 Å². The molecule has 0 amide bonds. The Kier molecular flexibility index (Phi) is 3.44. The number of nitriles is 1. The number of benzene rings is 1. The molecule has 90 valence electrons. The average molecular weight is 238 g/mol. The summed E-state index contributed by atoms with van der Waals surface area (Å²) in [7, 11) is 3.97. The molecule has 0 radical (unpaired) electrons. The van der Waals surface area contributed by atoms with E-state index in [1.807, 2.05) is 43.3 Å². The lowest BCUT2D eigenvalue weighted by molar-refractivity contribution is 1.13. The summed E-state index contributed by atoms with van der Waals surface area (Å²) in [6.07, 6.45) is 1.67. The summed E-state index contributed by atoms with van der Waals surface area (Å²) in [5.41, 5.74) is 2.54. The molecule has 0 spiro atoms. The van der Waals surface area contributed by atoms with Crippen LogP contribution in [0.4, 0.5) is 17.2 Å². The molecule has 0 bridgehead atoms. The van der Waals surface area contributed by atoms with E-state index in [1.165, 1.54) is 0 Å². The lowest BCUT2D eigenvalue weighted by atomic mass is 10.2. The van der Waals surface area contributed by atoms with Gasteiger partial charge in [-0.3, -0.25) is 0 Å². The fourth-order valence-electron chi connectivity index (χ4n) is 1.59. The van der Waals surface area contributed by atoms with E-state index in [0.29, 0.717) is 11.4 Å². The van der Waals surface area contributed by atoms with Gasteiger partial charge in [0.1, 0.15) is 11.9 Å². The molecule has 0 aliphatic carbocycles. The van der Waals surface area contributed by atoms with Crippen molar-refractivity contribution in [2.45, 2.75) is 0 Å². The minimum absolute atomic E-state index is 0.535. The third kappa shape index (κ3) is 2.58. The SMILES string of the molecule is CN(C)c1cccc(Nc2ncccc2C#N)c1. The Balaban J connectivity index is 2.29. The van der Waals surface area contributed by atoms with Gasteiger partial charge in [-0.15, -0.1) is 0 Å². The van der Waals surface area contributed by atoms with Gasteiger partial charge in [0.25, 0.3) is 0 Å². The highest BCUT2D eigenvalue weighted by molar-refractivity contribution is 5.66. The molecule has 1 aromatic heterocycles. The second kappa shape index (κ2) is 5.19. The minimum Gasteiger partial charge on any atom is -0.378 e. The van der Waals surface area contributed by atoms with Crippen molar-refractivity contribution in [3.63, 3.8) is 0 Å². The Bertz CT molecular complexity index is 584. The average Bonchev–Trinajstić information content (AvgIpc) is 2.39. The zero-order chi connectivity index (χ0) is 13.0. The van der Waals surface area contributed by atoms with Crippen LogP contribution in [-0.4, -0.2) is 19.1 Å². The number of nitrogens with zero attached hydrogens (tertiary/aromatic N) is 3. The molecule has 1 N–H and O–H groups in total. The largest absolute Gasteiger partial charge is 0.378 e. The summed E-state index contributed by atoms with van der Waals surface area (Å²) in [5.74, 6) is 0.580. The zero-order valence-corrected chi connectivity index (χ0v) is 10.4. The first-order valence-electron chi connectivity index (χ1n) is 5.60. The van der Waals surface area contributed by atoms with Crippen molar-refractivity contribution in [3.8, 4) is 6.07 Å². The van der Waals surface area contributed by atoms with Crippen LogP contribution in [0.25, 0.3) is 0 Å². The number of anilines is 3. The van der Waals surface area contributed by atoms with Gasteiger partial charge in [-0.25, -0.2) is 4.98 Å². The van der Waals surface area contributed by atoms with E-state index < -0.39 is 0 Å². The van der Waals surface area contributed by atoms with E-state index in [0.717, 1.165) is 11.4 Å². The van der Waals surface area contributed by atoms with Crippen LogP contribution in [0.2, 0.25) is 0 Å². The van der Waals surface area contributed by atoms with E-state index in [4.69, 9.17) is 5.26 Å². The number of pyridine rings is 1. The first-order valence-corrected chi connectivity index (χ1v) is 5.60. The minimum atomic E-state index is 0.535. The molecule has 2 rings (SSSR count). The van der Waals surface area contributed by atoms with Gasteiger partial charge in [0.2, 0.25) is 0 Å². The number of aromatic nitrogens is 1. The second-order valence-corrected chi connectivity index (χ2v) is 4.08. The molecule has 0 atom stereocenters. The van der Waals surface area contributed by atoms with Crippen molar-refractivity contribution in [2.24, 2.45) is 0 Å². The number of rotatable bonds is 3. The van der Waals surface area contributed by atoms with Crippen molar-refractivity contribution in [1.29, 1.82) is 5.26 Å². The Hall–Kier alpha value is -2.54. The predicted molar refractivity (Wildman–Crippen MR) is 73.0 cm³/mol. The lowest BCUT2D eigenvalue weighted by Crippen LogP contribution is -2.08. The maximum atomic E-state index is 9.00.